The average Bonchev–Trinajstić information content (AvgIpc) is 2.83. The largest absolute Gasteiger partial charge is 0.364 e. The summed E-state index contributed by atoms with van der Waals surface area (Å²) in [5.74, 6) is 0.336. The molecule has 178 valence electrons. The zero-order chi connectivity index (χ0) is 23.4. The van der Waals surface area contributed by atoms with Crippen LogP contribution in [-0.2, 0) is 6.42 Å². The molecule has 2 aliphatic rings. The molecule has 2 aliphatic heterocycles. The van der Waals surface area contributed by atoms with Gasteiger partial charge in [-0.15, -0.1) is 0 Å². The number of hydrogen-bond acceptors (Lipinski definition) is 6. The number of aromatic nitrogens is 2. The number of nitrogens with two attached hydrogens (primary N) is 1. The Kier molecular flexibility index (Phi) is 7.83. The van der Waals surface area contributed by atoms with Gasteiger partial charge in [-0.2, -0.15) is 0 Å². The number of nitrogens with zero attached hydrogens (tertiary/aromatic N) is 5. The number of carbonyl (C=O) groups excluding carboxylic acids is 1. The number of aryl methyl sites for hydroxylation is 1. The topological polar surface area (TPSA) is 78.6 Å². The van der Waals surface area contributed by atoms with Gasteiger partial charge in [0.2, 0.25) is 0 Å². The minimum atomic E-state index is -0.534. The van der Waals surface area contributed by atoms with Crippen LogP contribution in [0.25, 0.3) is 0 Å². The Morgan fingerprint density at radius 2 is 1.88 bits per heavy atom. The van der Waals surface area contributed by atoms with Gasteiger partial charge in [-0.1, -0.05) is 30.7 Å². The van der Waals surface area contributed by atoms with Crippen molar-refractivity contribution in [3.8, 4) is 0 Å². The number of anilines is 1. The van der Waals surface area contributed by atoms with Crippen molar-refractivity contribution < 1.29 is 4.79 Å². The number of piperazine rings is 1. The van der Waals surface area contributed by atoms with E-state index < -0.39 is 5.91 Å². The molecule has 7 nitrogen and oxygen atoms in total. The van der Waals surface area contributed by atoms with Gasteiger partial charge in [0.15, 0.2) is 0 Å². The van der Waals surface area contributed by atoms with E-state index >= 15 is 0 Å². The van der Waals surface area contributed by atoms with Gasteiger partial charge < -0.3 is 15.5 Å². The molecule has 0 bridgehead atoms. The monoisotopic (exact) mass is 470 g/mol. The summed E-state index contributed by atoms with van der Waals surface area (Å²) in [4.78, 5) is 27.9. The van der Waals surface area contributed by atoms with E-state index in [1.807, 2.05) is 19.1 Å². The SMILES string of the molecule is CCC1CN(c2ncc(C(N)=O)nc2C)CCN1C1CCN(CCc2ccc(Cl)cc2)CC1. The Labute approximate surface area is 201 Å². The molecule has 1 aromatic heterocycles. The van der Waals surface area contributed by atoms with E-state index in [2.05, 4.69) is 43.7 Å². The molecule has 0 spiro atoms. The molecule has 0 saturated carbocycles. The molecule has 2 saturated heterocycles. The van der Waals surface area contributed by atoms with E-state index in [0.29, 0.717) is 12.1 Å². The van der Waals surface area contributed by atoms with Crippen LogP contribution in [0, 0.1) is 6.92 Å². The molecular weight excluding hydrogens is 436 g/mol. The van der Waals surface area contributed by atoms with Crippen molar-refractivity contribution in [1.29, 1.82) is 0 Å². The summed E-state index contributed by atoms with van der Waals surface area (Å²) in [6.07, 6.45) is 6.14. The summed E-state index contributed by atoms with van der Waals surface area (Å²) in [6, 6.07) is 9.37. The Balaban J connectivity index is 1.30. The van der Waals surface area contributed by atoms with Crippen LogP contribution >= 0.6 is 11.6 Å². The number of benzene rings is 1. The lowest BCUT2D eigenvalue weighted by atomic mass is 9.98. The molecular formula is C25H35ClN6O. The zero-order valence-corrected chi connectivity index (χ0v) is 20.5. The third-order valence-electron chi connectivity index (χ3n) is 7.13. The standard InChI is InChI=1S/C25H35ClN6O/c1-3-21-17-31(25-18(2)29-23(16-28-25)24(27)33)14-15-32(21)22-9-12-30(13-10-22)11-8-19-4-6-20(26)7-5-19/h4-7,16,21-22H,3,8-15,17H2,1-2H3,(H2,27,33). The molecule has 2 fully saturated rings. The van der Waals surface area contributed by atoms with Crippen LogP contribution in [0.4, 0.5) is 5.82 Å². The number of hydrogen-bond donors (Lipinski definition) is 1. The number of primary amides is 1. The van der Waals surface area contributed by atoms with Crippen molar-refractivity contribution in [3.63, 3.8) is 0 Å². The molecule has 0 radical (unpaired) electrons. The van der Waals surface area contributed by atoms with Crippen LogP contribution in [0.3, 0.4) is 0 Å². The maximum absolute atomic E-state index is 11.4. The van der Waals surface area contributed by atoms with E-state index in [0.717, 1.165) is 68.6 Å². The fourth-order valence-corrected chi connectivity index (χ4v) is 5.35. The predicted octanol–water partition coefficient (Wildman–Crippen LogP) is 3.15. The molecule has 1 amide bonds. The second kappa shape index (κ2) is 10.8. The lowest BCUT2D eigenvalue weighted by Crippen LogP contribution is -2.58. The van der Waals surface area contributed by atoms with Gasteiger partial charge in [-0.3, -0.25) is 9.69 Å². The third kappa shape index (κ3) is 5.83. The lowest BCUT2D eigenvalue weighted by Gasteiger charge is -2.47. The highest BCUT2D eigenvalue weighted by molar-refractivity contribution is 6.30. The van der Waals surface area contributed by atoms with E-state index in [1.54, 1.807) is 0 Å². The minimum Gasteiger partial charge on any atom is -0.364 e. The van der Waals surface area contributed by atoms with Gasteiger partial charge in [0, 0.05) is 43.3 Å². The van der Waals surface area contributed by atoms with Gasteiger partial charge >= 0.3 is 0 Å². The molecule has 4 rings (SSSR count). The van der Waals surface area contributed by atoms with Gasteiger partial charge in [-0.25, -0.2) is 9.97 Å². The van der Waals surface area contributed by atoms with E-state index in [9.17, 15) is 4.79 Å². The fourth-order valence-electron chi connectivity index (χ4n) is 5.22. The quantitative estimate of drug-likeness (QED) is 0.669. The fraction of sp³-hybridized carbons (Fsp3) is 0.560. The van der Waals surface area contributed by atoms with Crippen molar-refractivity contribution in [2.45, 2.75) is 51.6 Å². The highest BCUT2D eigenvalue weighted by atomic mass is 35.5. The number of piperidine rings is 1. The Morgan fingerprint density at radius 3 is 2.52 bits per heavy atom. The number of likely N-dealkylation sites (tertiary alicyclic amines) is 1. The summed E-state index contributed by atoms with van der Waals surface area (Å²) >= 11 is 6.00. The highest BCUT2D eigenvalue weighted by Gasteiger charge is 2.33. The van der Waals surface area contributed by atoms with E-state index in [1.165, 1.54) is 24.6 Å². The highest BCUT2D eigenvalue weighted by Crippen LogP contribution is 2.26. The first-order valence-electron chi connectivity index (χ1n) is 12.1. The molecule has 2 N–H and O–H groups in total. The number of rotatable bonds is 7. The van der Waals surface area contributed by atoms with Crippen LogP contribution in [-0.4, -0.2) is 77.0 Å². The molecule has 8 heteroatoms. The summed E-state index contributed by atoms with van der Waals surface area (Å²) in [6.45, 7) is 10.5. The molecule has 0 aliphatic carbocycles. The summed E-state index contributed by atoms with van der Waals surface area (Å²) < 4.78 is 0. The summed E-state index contributed by atoms with van der Waals surface area (Å²) in [5, 5.41) is 0.801. The maximum atomic E-state index is 11.4. The van der Waals surface area contributed by atoms with Crippen LogP contribution in [0.5, 0.6) is 0 Å². The van der Waals surface area contributed by atoms with Crippen LogP contribution in [0.2, 0.25) is 5.02 Å². The van der Waals surface area contributed by atoms with Crippen LogP contribution in [0.15, 0.2) is 30.5 Å². The van der Waals surface area contributed by atoms with Gasteiger partial charge in [0.05, 0.1) is 11.9 Å². The van der Waals surface area contributed by atoms with Crippen LogP contribution in [0.1, 0.15) is 47.9 Å². The van der Waals surface area contributed by atoms with Gasteiger partial charge in [-0.05, 0) is 63.4 Å². The Hall–Kier alpha value is -2.22. The van der Waals surface area contributed by atoms with Crippen molar-refractivity contribution in [2.24, 2.45) is 5.73 Å². The van der Waals surface area contributed by atoms with E-state index in [4.69, 9.17) is 17.3 Å². The van der Waals surface area contributed by atoms with Crippen molar-refractivity contribution >= 4 is 23.3 Å². The second-order valence-electron chi connectivity index (χ2n) is 9.22. The number of amides is 1. The normalized spacial score (nSPS) is 20.8. The third-order valence-corrected chi connectivity index (χ3v) is 7.38. The number of halogens is 1. The maximum Gasteiger partial charge on any atom is 0.268 e. The lowest BCUT2D eigenvalue weighted by molar-refractivity contribution is 0.0635. The van der Waals surface area contributed by atoms with E-state index in [-0.39, 0.29) is 5.69 Å². The summed E-state index contributed by atoms with van der Waals surface area (Å²) in [7, 11) is 0. The average molecular weight is 471 g/mol. The minimum absolute atomic E-state index is 0.227. The van der Waals surface area contributed by atoms with Crippen molar-refractivity contribution in [3.05, 3.63) is 52.4 Å². The number of carbonyl (C=O) groups is 1. The molecule has 33 heavy (non-hydrogen) atoms. The molecule has 3 heterocycles. The second-order valence-corrected chi connectivity index (χ2v) is 9.66. The predicted molar refractivity (Wildman–Crippen MR) is 133 cm³/mol. The van der Waals surface area contributed by atoms with Crippen LogP contribution < -0.4 is 10.6 Å². The molecule has 1 unspecified atom stereocenters. The Morgan fingerprint density at radius 1 is 1.15 bits per heavy atom. The molecule has 2 aromatic rings. The first-order valence-corrected chi connectivity index (χ1v) is 12.4. The van der Waals surface area contributed by atoms with Gasteiger partial charge in [0.1, 0.15) is 11.5 Å². The van der Waals surface area contributed by atoms with Gasteiger partial charge in [0.25, 0.3) is 5.91 Å². The molecule has 1 aromatic carbocycles. The first-order chi connectivity index (χ1) is 15.9. The van der Waals surface area contributed by atoms with Crippen molar-refractivity contribution in [2.75, 3.05) is 44.2 Å². The van der Waals surface area contributed by atoms with Crippen molar-refractivity contribution in [1.82, 2.24) is 19.8 Å². The Bertz CT molecular complexity index is 944. The molecule has 1 atom stereocenters. The smallest absolute Gasteiger partial charge is 0.268 e. The zero-order valence-electron chi connectivity index (χ0n) is 19.7. The summed E-state index contributed by atoms with van der Waals surface area (Å²) in [5.41, 5.74) is 7.70. The first kappa shape index (κ1) is 23.9.